The van der Waals surface area contributed by atoms with E-state index in [0.717, 1.165) is 36.5 Å². The number of aromatic nitrogens is 4. The molecule has 5 heteroatoms. The number of hydrogen-bond donors (Lipinski definition) is 1. The van der Waals surface area contributed by atoms with Gasteiger partial charge in [-0.1, -0.05) is 12.1 Å². The first-order chi connectivity index (χ1) is 9.79. The third-order valence-electron chi connectivity index (χ3n) is 3.94. The minimum Gasteiger partial charge on any atom is -0.340 e. The molecule has 5 nitrogen and oxygen atoms in total. The highest BCUT2D eigenvalue weighted by Gasteiger charge is 2.26. The number of anilines is 1. The van der Waals surface area contributed by atoms with Crippen LogP contribution in [0.4, 0.5) is 5.95 Å². The number of aryl methyl sites for hydroxylation is 1. The maximum Gasteiger partial charge on any atom is 0.203 e. The van der Waals surface area contributed by atoms with Gasteiger partial charge in [-0.05, 0) is 31.0 Å². The normalized spacial score (nSPS) is 19.1. The smallest absolute Gasteiger partial charge is 0.203 e. The van der Waals surface area contributed by atoms with Gasteiger partial charge >= 0.3 is 0 Å². The van der Waals surface area contributed by atoms with Crippen LogP contribution in [0.3, 0.4) is 0 Å². The summed E-state index contributed by atoms with van der Waals surface area (Å²) in [6, 6.07) is 8.60. The first kappa shape index (κ1) is 11.5. The first-order valence-corrected chi connectivity index (χ1v) is 7.00. The lowest BCUT2D eigenvalue weighted by Gasteiger charge is -2.15. The summed E-state index contributed by atoms with van der Waals surface area (Å²) >= 11 is 0. The molecular weight excluding hydrogens is 250 g/mol. The molecule has 1 unspecified atom stereocenters. The fourth-order valence-electron chi connectivity index (χ4n) is 2.87. The van der Waals surface area contributed by atoms with Crippen molar-refractivity contribution in [3.05, 3.63) is 42.2 Å². The summed E-state index contributed by atoms with van der Waals surface area (Å²) in [6.45, 7) is 4.06. The molecule has 2 aromatic heterocycles. The van der Waals surface area contributed by atoms with Gasteiger partial charge in [0.2, 0.25) is 5.95 Å². The van der Waals surface area contributed by atoms with Crippen LogP contribution >= 0.6 is 0 Å². The summed E-state index contributed by atoms with van der Waals surface area (Å²) in [4.78, 5) is 10.4. The number of rotatable bonds is 2. The van der Waals surface area contributed by atoms with Gasteiger partial charge in [0.25, 0.3) is 0 Å². The van der Waals surface area contributed by atoms with E-state index in [-0.39, 0.29) is 0 Å². The molecule has 0 bridgehead atoms. The highest BCUT2D eigenvalue weighted by Crippen LogP contribution is 2.26. The Balaban J connectivity index is 1.58. The summed E-state index contributed by atoms with van der Waals surface area (Å²) in [5, 5.41) is 4.43. The number of nitrogens with zero attached hydrogens (tertiary/aromatic N) is 4. The zero-order valence-electron chi connectivity index (χ0n) is 11.5. The Bertz CT molecular complexity index is 708. The van der Waals surface area contributed by atoms with Crippen LogP contribution in [0.1, 0.15) is 18.0 Å². The largest absolute Gasteiger partial charge is 0.340 e. The zero-order chi connectivity index (χ0) is 13.5. The number of hydrogen-bond acceptors (Lipinski definition) is 3. The van der Waals surface area contributed by atoms with E-state index in [2.05, 4.69) is 43.8 Å². The molecule has 1 aliphatic heterocycles. The van der Waals surface area contributed by atoms with E-state index < -0.39 is 0 Å². The molecule has 0 saturated carbocycles. The lowest BCUT2D eigenvalue weighted by Crippen LogP contribution is -2.22. The van der Waals surface area contributed by atoms with E-state index >= 15 is 0 Å². The maximum absolute atomic E-state index is 4.67. The Hall–Kier alpha value is -2.30. The van der Waals surface area contributed by atoms with E-state index in [1.807, 2.05) is 24.4 Å². The van der Waals surface area contributed by atoms with Crippen LogP contribution < -0.4 is 4.90 Å². The van der Waals surface area contributed by atoms with E-state index in [9.17, 15) is 0 Å². The average Bonchev–Trinajstić information content (AvgIpc) is 3.16. The van der Waals surface area contributed by atoms with E-state index in [1.165, 1.54) is 5.56 Å². The lowest BCUT2D eigenvalue weighted by atomic mass is 10.3. The SMILES string of the molecule is Cc1cnn(C2CCN(c3nc4ccccc4[nH]3)C2)c1. The molecule has 0 radical (unpaired) electrons. The van der Waals surface area contributed by atoms with Gasteiger partial charge in [0.1, 0.15) is 0 Å². The van der Waals surface area contributed by atoms with Gasteiger partial charge in [0.05, 0.1) is 23.3 Å². The lowest BCUT2D eigenvalue weighted by molar-refractivity contribution is 0.494. The molecule has 20 heavy (non-hydrogen) atoms. The molecule has 0 aliphatic carbocycles. The molecule has 3 aromatic rings. The summed E-state index contributed by atoms with van der Waals surface area (Å²) in [5.41, 5.74) is 3.34. The van der Waals surface area contributed by atoms with Crippen molar-refractivity contribution in [2.45, 2.75) is 19.4 Å². The van der Waals surface area contributed by atoms with Gasteiger partial charge in [-0.15, -0.1) is 0 Å². The number of fused-ring (bicyclic) bond motifs is 1. The van der Waals surface area contributed by atoms with Crippen LogP contribution in [0, 0.1) is 6.92 Å². The van der Waals surface area contributed by atoms with E-state index in [0.29, 0.717) is 6.04 Å². The van der Waals surface area contributed by atoms with Gasteiger partial charge < -0.3 is 9.88 Å². The Morgan fingerprint density at radius 3 is 3.00 bits per heavy atom. The van der Waals surface area contributed by atoms with Crippen LogP contribution in [0.5, 0.6) is 0 Å². The number of nitrogens with one attached hydrogen (secondary N) is 1. The van der Waals surface area contributed by atoms with Crippen LogP contribution in [-0.4, -0.2) is 32.8 Å². The molecular formula is C15H17N5. The van der Waals surface area contributed by atoms with Crippen molar-refractivity contribution in [2.75, 3.05) is 18.0 Å². The Labute approximate surface area is 117 Å². The van der Waals surface area contributed by atoms with E-state index in [4.69, 9.17) is 0 Å². The quantitative estimate of drug-likeness (QED) is 0.776. The number of para-hydroxylation sites is 2. The van der Waals surface area contributed by atoms with Gasteiger partial charge in [-0.25, -0.2) is 4.98 Å². The van der Waals surface area contributed by atoms with Crippen molar-refractivity contribution in [1.29, 1.82) is 0 Å². The van der Waals surface area contributed by atoms with Crippen LogP contribution in [0.25, 0.3) is 11.0 Å². The Kier molecular flexibility index (Phi) is 2.52. The summed E-state index contributed by atoms with van der Waals surface area (Å²) in [5.74, 6) is 0.970. The minimum atomic E-state index is 0.442. The first-order valence-electron chi connectivity index (χ1n) is 7.00. The number of H-pyrrole nitrogens is 1. The molecule has 0 spiro atoms. The number of aromatic amines is 1. The van der Waals surface area contributed by atoms with Crippen molar-refractivity contribution >= 4 is 17.0 Å². The molecule has 1 atom stereocenters. The number of benzene rings is 1. The van der Waals surface area contributed by atoms with Gasteiger partial charge in [-0.3, -0.25) is 4.68 Å². The summed E-state index contributed by atoms with van der Waals surface area (Å²) in [6.07, 6.45) is 5.15. The molecule has 1 aliphatic rings. The molecule has 3 heterocycles. The second-order valence-electron chi connectivity index (χ2n) is 5.46. The van der Waals surface area contributed by atoms with Crippen molar-refractivity contribution in [3.63, 3.8) is 0 Å². The van der Waals surface area contributed by atoms with Gasteiger partial charge in [0.15, 0.2) is 0 Å². The summed E-state index contributed by atoms with van der Waals surface area (Å²) in [7, 11) is 0. The van der Waals surface area contributed by atoms with Crippen molar-refractivity contribution in [1.82, 2.24) is 19.7 Å². The molecule has 0 amide bonds. The standard InChI is InChI=1S/C15H17N5/c1-11-8-16-20(9-11)12-6-7-19(10-12)15-17-13-4-2-3-5-14(13)18-15/h2-5,8-9,12H,6-7,10H2,1H3,(H,17,18). The van der Waals surface area contributed by atoms with Crippen LogP contribution in [0.2, 0.25) is 0 Å². The highest BCUT2D eigenvalue weighted by atomic mass is 15.4. The highest BCUT2D eigenvalue weighted by molar-refractivity contribution is 5.77. The predicted molar refractivity (Wildman–Crippen MR) is 78.9 cm³/mol. The maximum atomic E-state index is 4.67. The Morgan fingerprint density at radius 2 is 2.20 bits per heavy atom. The van der Waals surface area contributed by atoms with Gasteiger partial charge in [0, 0.05) is 19.3 Å². The number of imidazole rings is 1. The molecule has 102 valence electrons. The van der Waals surface area contributed by atoms with Crippen molar-refractivity contribution in [3.8, 4) is 0 Å². The molecule has 1 N–H and O–H groups in total. The van der Waals surface area contributed by atoms with Crippen molar-refractivity contribution < 1.29 is 0 Å². The van der Waals surface area contributed by atoms with Crippen LogP contribution in [0.15, 0.2) is 36.7 Å². The fourth-order valence-corrected chi connectivity index (χ4v) is 2.87. The van der Waals surface area contributed by atoms with Crippen molar-refractivity contribution in [2.24, 2.45) is 0 Å². The average molecular weight is 267 g/mol. The zero-order valence-corrected chi connectivity index (χ0v) is 11.5. The second-order valence-corrected chi connectivity index (χ2v) is 5.46. The molecule has 1 saturated heterocycles. The summed E-state index contributed by atoms with van der Waals surface area (Å²) < 4.78 is 2.08. The van der Waals surface area contributed by atoms with Gasteiger partial charge in [-0.2, -0.15) is 5.10 Å². The minimum absolute atomic E-state index is 0.442. The molecule has 1 aromatic carbocycles. The fraction of sp³-hybridized carbons (Fsp3) is 0.333. The van der Waals surface area contributed by atoms with Crippen LogP contribution in [-0.2, 0) is 0 Å². The third kappa shape index (κ3) is 1.86. The predicted octanol–water partition coefficient (Wildman–Crippen LogP) is 2.52. The monoisotopic (exact) mass is 267 g/mol. The third-order valence-corrected chi connectivity index (χ3v) is 3.94. The Morgan fingerprint density at radius 1 is 1.30 bits per heavy atom. The molecule has 4 rings (SSSR count). The topological polar surface area (TPSA) is 49.7 Å². The molecule has 1 fully saturated rings. The van der Waals surface area contributed by atoms with E-state index in [1.54, 1.807) is 0 Å². The second kappa shape index (κ2) is 4.37.